The maximum atomic E-state index is 13.0. The predicted octanol–water partition coefficient (Wildman–Crippen LogP) is 2.98. The number of pyridine rings is 1. The van der Waals surface area contributed by atoms with E-state index in [9.17, 15) is 18.5 Å². The van der Waals surface area contributed by atoms with Crippen molar-refractivity contribution in [1.29, 1.82) is 0 Å². The average Bonchev–Trinajstić information content (AvgIpc) is 3.13. The molecule has 9 heteroatoms. The van der Waals surface area contributed by atoms with Crippen molar-refractivity contribution >= 4 is 21.5 Å². The van der Waals surface area contributed by atoms with Crippen molar-refractivity contribution in [1.82, 2.24) is 4.98 Å². The van der Waals surface area contributed by atoms with Gasteiger partial charge in [-0.1, -0.05) is 6.07 Å². The molecule has 0 saturated carbocycles. The van der Waals surface area contributed by atoms with E-state index >= 15 is 0 Å². The fourth-order valence-corrected chi connectivity index (χ4v) is 3.59. The number of furan rings is 1. The molecule has 0 atom stereocenters. The second-order valence-electron chi connectivity index (χ2n) is 5.03. The van der Waals surface area contributed by atoms with Gasteiger partial charge in [-0.15, -0.1) is 0 Å². The van der Waals surface area contributed by atoms with E-state index < -0.39 is 14.9 Å². The van der Waals surface area contributed by atoms with Gasteiger partial charge in [-0.25, -0.2) is 17.7 Å². The highest BCUT2D eigenvalue weighted by atomic mass is 32.2. The van der Waals surface area contributed by atoms with Crippen LogP contribution < -0.4 is 4.31 Å². The van der Waals surface area contributed by atoms with Gasteiger partial charge >= 0.3 is 0 Å². The van der Waals surface area contributed by atoms with E-state index in [4.69, 9.17) is 4.42 Å². The normalized spacial score (nSPS) is 11.2. The summed E-state index contributed by atoms with van der Waals surface area (Å²) in [7, 11) is -3.98. The first-order chi connectivity index (χ1) is 12.0. The summed E-state index contributed by atoms with van der Waals surface area (Å²) < 4.78 is 32.4. The molecule has 1 aromatic carbocycles. The minimum Gasteiger partial charge on any atom is -0.467 e. The molecule has 3 rings (SSSR count). The van der Waals surface area contributed by atoms with E-state index in [1.54, 1.807) is 30.3 Å². The molecule has 0 aliphatic heterocycles. The highest BCUT2D eigenvalue weighted by Gasteiger charge is 2.27. The summed E-state index contributed by atoms with van der Waals surface area (Å²) in [5, 5.41) is 10.8. The Labute approximate surface area is 143 Å². The maximum absolute atomic E-state index is 13.0. The number of sulfonamides is 1. The van der Waals surface area contributed by atoms with Crippen molar-refractivity contribution in [2.24, 2.45) is 0 Å². The Bertz CT molecular complexity index is 955. The Morgan fingerprint density at radius 1 is 1.08 bits per heavy atom. The van der Waals surface area contributed by atoms with Crippen LogP contribution in [0.15, 0.2) is 76.4 Å². The summed E-state index contributed by atoms with van der Waals surface area (Å²) in [6, 6.07) is 12.9. The number of nitro benzene ring substituents is 1. The van der Waals surface area contributed by atoms with Crippen LogP contribution in [0.3, 0.4) is 0 Å². The van der Waals surface area contributed by atoms with Crippen molar-refractivity contribution in [3.05, 3.63) is 82.9 Å². The highest BCUT2D eigenvalue weighted by Crippen LogP contribution is 2.25. The van der Waals surface area contributed by atoms with Crippen molar-refractivity contribution in [3.63, 3.8) is 0 Å². The number of aromatic nitrogens is 1. The van der Waals surface area contributed by atoms with Gasteiger partial charge in [0.2, 0.25) is 0 Å². The molecular weight excluding hydrogens is 346 g/mol. The third kappa shape index (κ3) is 3.50. The molecule has 2 heterocycles. The molecule has 3 aromatic rings. The summed E-state index contributed by atoms with van der Waals surface area (Å²) in [5.74, 6) is 0.661. The fraction of sp³-hybridized carbons (Fsp3) is 0.0625. The van der Waals surface area contributed by atoms with Crippen molar-refractivity contribution in [2.75, 3.05) is 4.31 Å². The lowest BCUT2D eigenvalue weighted by Gasteiger charge is -2.22. The van der Waals surface area contributed by atoms with Crippen LogP contribution in [0.2, 0.25) is 0 Å². The van der Waals surface area contributed by atoms with Gasteiger partial charge in [0, 0.05) is 18.3 Å². The minimum absolute atomic E-state index is 0.0522. The molecule has 2 aromatic heterocycles. The molecule has 0 bridgehead atoms. The molecule has 0 unspecified atom stereocenters. The fourth-order valence-electron chi connectivity index (χ4n) is 2.20. The Kier molecular flexibility index (Phi) is 4.48. The molecule has 0 amide bonds. The summed E-state index contributed by atoms with van der Waals surface area (Å²) >= 11 is 0. The van der Waals surface area contributed by atoms with Crippen LogP contribution >= 0.6 is 0 Å². The Morgan fingerprint density at radius 2 is 1.84 bits per heavy atom. The second kappa shape index (κ2) is 6.73. The molecule has 0 aliphatic rings. The van der Waals surface area contributed by atoms with Gasteiger partial charge in [0.05, 0.1) is 22.6 Å². The number of nitro groups is 1. The number of anilines is 1. The number of nitrogens with zero attached hydrogens (tertiary/aromatic N) is 3. The lowest BCUT2D eigenvalue weighted by atomic mass is 10.3. The van der Waals surface area contributed by atoms with Gasteiger partial charge in [-0.2, -0.15) is 0 Å². The zero-order chi connectivity index (χ0) is 17.9. The number of hydrogen-bond acceptors (Lipinski definition) is 6. The zero-order valence-electron chi connectivity index (χ0n) is 12.8. The standard InChI is InChI=1S/C16H13N3O5S/c20-19(21)13-6-8-15(9-7-13)25(22,23)18(12-14-4-3-11-24-14)16-5-1-2-10-17-16/h1-11H,12H2. The van der Waals surface area contributed by atoms with Crippen LogP contribution in [-0.2, 0) is 16.6 Å². The minimum atomic E-state index is -3.98. The topological polar surface area (TPSA) is 107 Å². The second-order valence-corrected chi connectivity index (χ2v) is 6.89. The molecule has 0 fully saturated rings. The van der Waals surface area contributed by atoms with Gasteiger partial charge in [0.15, 0.2) is 0 Å². The number of non-ortho nitro benzene ring substituents is 1. The van der Waals surface area contributed by atoms with Crippen LogP contribution in [0.4, 0.5) is 11.5 Å². The Morgan fingerprint density at radius 3 is 2.40 bits per heavy atom. The van der Waals surface area contributed by atoms with Gasteiger partial charge in [0.1, 0.15) is 11.6 Å². The maximum Gasteiger partial charge on any atom is 0.269 e. The first-order valence-electron chi connectivity index (χ1n) is 7.19. The SMILES string of the molecule is O=[N+]([O-])c1ccc(S(=O)(=O)N(Cc2ccco2)c2ccccn2)cc1. The number of rotatable bonds is 6. The molecule has 0 spiro atoms. The molecule has 0 radical (unpaired) electrons. The number of hydrogen-bond donors (Lipinski definition) is 0. The first kappa shape index (κ1) is 16.7. The predicted molar refractivity (Wildman–Crippen MR) is 89.4 cm³/mol. The van der Waals surface area contributed by atoms with Gasteiger partial charge in [-0.3, -0.25) is 10.1 Å². The third-order valence-electron chi connectivity index (χ3n) is 3.42. The number of benzene rings is 1. The summed E-state index contributed by atoms with van der Waals surface area (Å²) in [4.78, 5) is 14.2. The van der Waals surface area contributed by atoms with Crippen molar-refractivity contribution < 1.29 is 17.8 Å². The highest BCUT2D eigenvalue weighted by molar-refractivity contribution is 7.92. The van der Waals surface area contributed by atoms with E-state index in [1.807, 2.05) is 0 Å². The molecular formula is C16H13N3O5S. The summed E-state index contributed by atoms with van der Waals surface area (Å²) in [6.45, 7) is -0.0522. The van der Waals surface area contributed by atoms with Crippen molar-refractivity contribution in [2.45, 2.75) is 11.4 Å². The first-order valence-corrected chi connectivity index (χ1v) is 8.63. The molecule has 25 heavy (non-hydrogen) atoms. The van der Waals surface area contributed by atoms with E-state index in [0.717, 1.165) is 16.4 Å². The van der Waals surface area contributed by atoms with Crippen LogP contribution in [0, 0.1) is 10.1 Å². The lowest BCUT2D eigenvalue weighted by Crippen LogP contribution is -2.31. The molecule has 128 valence electrons. The van der Waals surface area contributed by atoms with Crippen LogP contribution in [0.25, 0.3) is 0 Å². The van der Waals surface area contributed by atoms with Crippen molar-refractivity contribution in [3.8, 4) is 0 Å². The summed E-state index contributed by atoms with van der Waals surface area (Å²) in [6.07, 6.45) is 2.93. The monoisotopic (exact) mass is 359 g/mol. The van der Waals surface area contributed by atoms with E-state index in [-0.39, 0.29) is 22.9 Å². The van der Waals surface area contributed by atoms with Gasteiger partial charge < -0.3 is 4.42 Å². The quantitative estimate of drug-likeness (QED) is 0.495. The third-order valence-corrected chi connectivity index (χ3v) is 5.18. The average molecular weight is 359 g/mol. The van der Waals surface area contributed by atoms with E-state index in [2.05, 4.69) is 4.98 Å². The molecule has 0 saturated heterocycles. The Balaban J connectivity index is 2.03. The molecule has 0 N–H and O–H groups in total. The van der Waals surface area contributed by atoms with E-state index in [0.29, 0.717) is 5.76 Å². The van der Waals surface area contributed by atoms with Crippen LogP contribution in [0.5, 0.6) is 0 Å². The largest absolute Gasteiger partial charge is 0.467 e. The summed E-state index contributed by atoms with van der Waals surface area (Å²) in [5.41, 5.74) is -0.186. The molecule has 0 aliphatic carbocycles. The zero-order valence-corrected chi connectivity index (χ0v) is 13.7. The van der Waals surface area contributed by atoms with E-state index in [1.165, 1.54) is 24.6 Å². The van der Waals surface area contributed by atoms with Crippen LogP contribution in [-0.4, -0.2) is 18.3 Å². The van der Waals surface area contributed by atoms with Gasteiger partial charge in [0.25, 0.3) is 15.7 Å². The van der Waals surface area contributed by atoms with Gasteiger partial charge in [-0.05, 0) is 36.4 Å². The molecule has 8 nitrogen and oxygen atoms in total. The smallest absolute Gasteiger partial charge is 0.269 e. The lowest BCUT2D eigenvalue weighted by molar-refractivity contribution is -0.384. The Hall–Kier alpha value is -3.20. The van der Waals surface area contributed by atoms with Crippen LogP contribution in [0.1, 0.15) is 5.76 Å².